The fourth-order valence-corrected chi connectivity index (χ4v) is 2.93. The summed E-state index contributed by atoms with van der Waals surface area (Å²) in [5, 5.41) is 2.87. The third kappa shape index (κ3) is 4.37. The number of amides is 2. The molecule has 5 N–H and O–H groups in total. The molecule has 22 heavy (non-hydrogen) atoms. The second-order valence-corrected chi connectivity index (χ2v) is 5.75. The second-order valence-electron chi connectivity index (χ2n) is 5.75. The van der Waals surface area contributed by atoms with E-state index in [9.17, 15) is 9.59 Å². The van der Waals surface area contributed by atoms with E-state index in [1.807, 2.05) is 24.3 Å². The van der Waals surface area contributed by atoms with Gasteiger partial charge in [-0.15, -0.1) is 12.4 Å². The fraction of sp³-hybridized carbons (Fsp3) is 0.500. The number of carbonyl (C=O) groups excluding carboxylic acids is 2. The summed E-state index contributed by atoms with van der Waals surface area (Å²) in [5.41, 5.74) is 12.2. The van der Waals surface area contributed by atoms with Crippen molar-refractivity contribution in [3.05, 3.63) is 29.8 Å². The maximum atomic E-state index is 12.1. The van der Waals surface area contributed by atoms with Crippen LogP contribution in [0.15, 0.2) is 24.3 Å². The molecule has 0 aromatic heterocycles. The van der Waals surface area contributed by atoms with Gasteiger partial charge >= 0.3 is 0 Å². The maximum absolute atomic E-state index is 12.1. The lowest BCUT2D eigenvalue weighted by Crippen LogP contribution is -2.58. The number of aryl methyl sites for hydroxylation is 1. The SMILES string of the molecule is Cl.NC(=O)C1(NC(=O)CCc2ccccc2N)CCCCC1. The van der Waals surface area contributed by atoms with Gasteiger partial charge in [-0.2, -0.15) is 0 Å². The Kier molecular flexibility index (Phi) is 6.68. The molecule has 1 aliphatic rings. The van der Waals surface area contributed by atoms with Crippen LogP contribution in [-0.2, 0) is 16.0 Å². The predicted molar refractivity (Wildman–Crippen MR) is 89.6 cm³/mol. The van der Waals surface area contributed by atoms with E-state index in [-0.39, 0.29) is 18.3 Å². The highest BCUT2D eigenvalue weighted by Crippen LogP contribution is 2.28. The molecule has 6 heteroatoms. The number of nitrogen functional groups attached to an aromatic ring is 1. The third-order valence-corrected chi connectivity index (χ3v) is 4.23. The number of rotatable bonds is 5. The van der Waals surface area contributed by atoms with E-state index < -0.39 is 11.4 Å². The van der Waals surface area contributed by atoms with Crippen LogP contribution in [0.2, 0.25) is 0 Å². The molecule has 1 aliphatic carbocycles. The molecule has 1 saturated carbocycles. The van der Waals surface area contributed by atoms with E-state index in [0.29, 0.717) is 31.4 Å². The zero-order valence-electron chi connectivity index (χ0n) is 12.6. The Labute approximate surface area is 137 Å². The van der Waals surface area contributed by atoms with Crippen molar-refractivity contribution in [2.24, 2.45) is 5.73 Å². The Morgan fingerprint density at radius 3 is 2.36 bits per heavy atom. The highest BCUT2D eigenvalue weighted by atomic mass is 35.5. The molecule has 2 rings (SSSR count). The molecule has 0 bridgehead atoms. The average Bonchev–Trinajstić information content (AvgIpc) is 2.47. The normalized spacial score (nSPS) is 16.4. The fourth-order valence-electron chi connectivity index (χ4n) is 2.93. The summed E-state index contributed by atoms with van der Waals surface area (Å²) in [6, 6.07) is 7.49. The summed E-state index contributed by atoms with van der Waals surface area (Å²) in [6.07, 6.45) is 5.09. The number of anilines is 1. The van der Waals surface area contributed by atoms with Gasteiger partial charge in [0.05, 0.1) is 0 Å². The summed E-state index contributed by atoms with van der Waals surface area (Å²) < 4.78 is 0. The quantitative estimate of drug-likeness (QED) is 0.721. The van der Waals surface area contributed by atoms with Gasteiger partial charge in [0.25, 0.3) is 0 Å². The standard InChI is InChI=1S/C16H23N3O2.ClH/c17-13-7-3-2-6-12(13)8-9-14(20)19-16(15(18)21)10-4-1-5-11-16;/h2-3,6-7H,1,4-5,8-11,17H2,(H2,18,21)(H,19,20);1H. The first-order chi connectivity index (χ1) is 10.0. The van der Waals surface area contributed by atoms with Crippen LogP contribution in [0.3, 0.4) is 0 Å². The lowest BCUT2D eigenvalue weighted by molar-refractivity contribution is -0.132. The van der Waals surface area contributed by atoms with Gasteiger partial charge in [-0.3, -0.25) is 9.59 Å². The molecule has 0 spiro atoms. The molecule has 2 amide bonds. The summed E-state index contributed by atoms with van der Waals surface area (Å²) in [5.74, 6) is -0.561. The number of nitrogens with two attached hydrogens (primary N) is 2. The number of nitrogens with one attached hydrogen (secondary N) is 1. The van der Waals surface area contributed by atoms with Gasteiger partial charge in [0, 0.05) is 12.1 Å². The monoisotopic (exact) mass is 325 g/mol. The molecule has 0 radical (unpaired) electrons. The van der Waals surface area contributed by atoms with E-state index in [2.05, 4.69) is 5.32 Å². The van der Waals surface area contributed by atoms with Gasteiger partial charge in [-0.05, 0) is 30.9 Å². The van der Waals surface area contributed by atoms with Crippen molar-refractivity contribution in [1.82, 2.24) is 5.32 Å². The van der Waals surface area contributed by atoms with Crippen molar-refractivity contribution in [2.75, 3.05) is 5.73 Å². The molecule has 1 aromatic carbocycles. The van der Waals surface area contributed by atoms with Crippen LogP contribution in [0.1, 0.15) is 44.1 Å². The third-order valence-electron chi connectivity index (χ3n) is 4.23. The minimum absolute atomic E-state index is 0. The maximum Gasteiger partial charge on any atom is 0.243 e. The Morgan fingerprint density at radius 2 is 1.77 bits per heavy atom. The van der Waals surface area contributed by atoms with Gasteiger partial charge in [-0.25, -0.2) is 0 Å². The molecule has 0 saturated heterocycles. The number of hydrogen-bond acceptors (Lipinski definition) is 3. The molecule has 5 nitrogen and oxygen atoms in total. The molecule has 122 valence electrons. The van der Waals surface area contributed by atoms with Gasteiger partial charge in [0.2, 0.25) is 11.8 Å². The van der Waals surface area contributed by atoms with Crippen LogP contribution in [0, 0.1) is 0 Å². The number of hydrogen-bond donors (Lipinski definition) is 3. The lowest BCUT2D eigenvalue weighted by Gasteiger charge is -2.35. The van der Waals surface area contributed by atoms with E-state index >= 15 is 0 Å². The Balaban J connectivity index is 0.00000242. The highest BCUT2D eigenvalue weighted by molar-refractivity contribution is 5.90. The van der Waals surface area contributed by atoms with Gasteiger partial charge in [0.15, 0.2) is 0 Å². The van der Waals surface area contributed by atoms with Gasteiger partial charge in [0.1, 0.15) is 5.54 Å². The van der Waals surface area contributed by atoms with Crippen LogP contribution < -0.4 is 16.8 Å². The van der Waals surface area contributed by atoms with Crippen molar-refractivity contribution >= 4 is 29.9 Å². The predicted octanol–water partition coefficient (Wildman–Crippen LogP) is 1.93. The van der Waals surface area contributed by atoms with Crippen LogP contribution in [-0.4, -0.2) is 17.4 Å². The minimum atomic E-state index is -0.850. The van der Waals surface area contributed by atoms with Crippen molar-refractivity contribution in [3.63, 3.8) is 0 Å². The van der Waals surface area contributed by atoms with E-state index in [0.717, 1.165) is 24.8 Å². The summed E-state index contributed by atoms with van der Waals surface area (Å²) in [4.78, 5) is 23.9. The Hall–Kier alpha value is -1.75. The number of carbonyl (C=O) groups is 2. The second kappa shape index (κ2) is 8.03. The van der Waals surface area contributed by atoms with Gasteiger partial charge in [-0.1, -0.05) is 37.5 Å². The largest absolute Gasteiger partial charge is 0.399 e. The summed E-state index contributed by atoms with van der Waals surface area (Å²) in [6.45, 7) is 0. The Morgan fingerprint density at radius 1 is 1.14 bits per heavy atom. The first-order valence-corrected chi connectivity index (χ1v) is 7.48. The number of para-hydroxylation sites is 1. The highest BCUT2D eigenvalue weighted by Gasteiger charge is 2.38. The van der Waals surface area contributed by atoms with Crippen LogP contribution in [0.4, 0.5) is 5.69 Å². The van der Waals surface area contributed by atoms with E-state index in [4.69, 9.17) is 11.5 Å². The molecule has 1 fully saturated rings. The lowest BCUT2D eigenvalue weighted by atomic mass is 9.81. The van der Waals surface area contributed by atoms with Crippen LogP contribution >= 0.6 is 12.4 Å². The molecule has 0 aliphatic heterocycles. The zero-order chi connectivity index (χ0) is 15.3. The van der Waals surface area contributed by atoms with Crippen molar-refractivity contribution in [2.45, 2.75) is 50.5 Å². The molecule has 0 heterocycles. The van der Waals surface area contributed by atoms with Crippen molar-refractivity contribution < 1.29 is 9.59 Å². The molecule has 0 atom stereocenters. The zero-order valence-corrected chi connectivity index (χ0v) is 13.5. The number of benzene rings is 1. The van der Waals surface area contributed by atoms with Gasteiger partial charge < -0.3 is 16.8 Å². The molecular formula is C16H24ClN3O2. The van der Waals surface area contributed by atoms with Crippen molar-refractivity contribution in [3.8, 4) is 0 Å². The van der Waals surface area contributed by atoms with Crippen LogP contribution in [0.5, 0.6) is 0 Å². The van der Waals surface area contributed by atoms with E-state index in [1.165, 1.54) is 0 Å². The smallest absolute Gasteiger partial charge is 0.243 e. The number of primary amides is 1. The topological polar surface area (TPSA) is 98.2 Å². The molecule has 0 unspecified atom stereocenters. The first-order valence-electron chi connectivity index (χ1n) is 7.48. The molecular weight excluding hydrogens is 302 g/mol. The first kappa shape index (κ1) is 18.3. The molecule has 1 aromatic rings. The minimum Gasteiger partial charge on any atom is -0.399 e. The Bertz CT molecular complexity index is 528. The number of halogens is 1. The summed E-state index contributed by atoms with van der Waals surface area (Å²) >= 11 is 0. The van der Waals surface area contributed by atoms with Crippen LogP contribution in [0.25, 0.3) is 0 Å². The van der Waals surface area contributed by atoms with E-state index in [1.54, 1.807) is 0 Å². The average molecular weight is 326 g/mol. The van der Waals surface area contributed by atoms with Crippen molar-refractivity contribution in [1.29, 1.82) is 0 Å². The summed E-state index contributed by atoms with van der Waals surface area (Å²) in [7, 11) is 0.